The third-order valence-corrected chi connectivity index (χ3v) is 5.16. The van der Waals surface area contributed by atoms with Gasteiger partial charge in [-0.25, -0.2) is 0 Å². The number of nitrogens with zero attached hydrogens (tertiary/aromatic N) is 2. The molecule has 0 aliphatic carbocycles. The Bertz CT molecular complexity index is 959. The molecular weight excluding hydrogens is 368 g/mol. The standard InChI is InChI=1S/C19H18N2O5S/c1-11-8-13(12(2)21(11)14-4-6-15(22)7-5-14)9-16-18(24)20(19(25)27-16)10-17(23)26-3/h4-9,22H,10H2,1-3H3. The molecule has 1 N–H and O–H groups in total. The van der Waals surface area contributed by atoms with Crippen molar-refractivity contribution in [1.82, 2.24) is 9.47 Å². The Kier molecular flexibility index (Phi) is 5.09. The molecule has 8 heteroatoms. The molecule has 2 amide bonds. The molecule has 0 saturated carbocycles. The number of ether oxygens (including phenoxy) is 1. The molecular formula is C19H18N2O5S. The van der Waals surface area contributed by atoms with Crippen LogP contribution in [0.2, 0.25) is 0 Å². The zero-order valence-corrected chi connectivity index (χ0v) is 15.9. The molecule has 0 spiro atoms. The fourth-order valence-corrected chi connectivity index (χ4v) is 3.73. The van der Waals surface area contributed by atoms with Gasteiger partial charge in [-0.3, -0.25) is 19.3 Å². The van der Waals surface area contributed by atoms with Crippen molar-refractivity contribution in [3.05, 3.63) is 52.2 Å². The first kappa shape index (κ1) is 18.8. The van der Waals surface area contributed by atoms with E-state index >= 15 is 0 Å². The lowest BCUT2D eigenvalue weighted by Gasteiger charge is -2.10. The van der Waals surface area contributed by atoms with Gasteiger partial charge in [-0.15, -0.1) is 0 Å². The molecule has 3 rings (SSSR count). The summed E-state index contributed by atoms with van der Waals surface area (Å²) in [6.45, 7) is 3.44. The fourth-order valence-electron chi connectivity index (χ4n) is 2.90. The summed E-state index contributed by atoms with van der Waals surface area (Å²) in [6, 6.07) is 8.71. The molecule has 1 saturated heterocycles. The maximum Gasteiger partial charge on any atom is 0.325 e. The maximum absolute atomic E-state index is 12.5. The van der Waals surface area contributed by atoms with Crippen molar-refractivity contribution in [2.75, 3.05) is 13.7 Å². The smallest absolute Gasteiger partial charge is 0.325 e. The average Bonchev–Trinajstić information content (AvgIpc) is 3.06. The van der Waals surface area contributed by atoms with E-state index in [2.05, 4.69) is 4.74 Å². The minimum atomic E-state index is -0.649. The maximum atomic E-state index is 12.5. The van der Waals surface area contributed by atoms with Crippen LogP contribution in [0.25, 0.3) is 11.8 Å². The first-order chi connectivity index (χ1) is 12.8. The monoisotopic (exact) mass is 386 g/mol. The second-order valence-electron chi connectivity index (χ2n) is 6.02. The summed E-state index contributed by atoms with van der Waals surface area (Å²) < 4.78 is 6.51. The van der Waals surface area contributed by atoms with Gasteiger partial charge in [0, 0.05) is 17.1 Å². The number of phenols is 1. The summed E-state index contributed by atoms with van der Waals surface area (Å²) in [4.78, 5) is 37.0. The molecule has 7 nitrogen and oxygen atoms in total. The zero-order valence-electron chi connectivity index (χ0n) is 15.1. The highest BCUT2D eigenvalue weighted by atomic mass is 32.2. The molecule has 1 aliphatic rings. The van der Waals surface area contributed by atoms with Crippen molar-refractivity contribution in [3.63, 3.8) is 0 Å². The van der Waals surface area contributed by atoms with E-state index in [1.165, 1.54) is 7.11 Å². The minimum absolute atomic E-state index is 0.181. The quantitative estimate of drug-likeness (QED) is 0.642. The van der Waals surface area contributed by atoms with E-state index in [4.69, 9.17) is 0 Å². The van der Waals surface area contributed by atoms with E-state index in [1.54, 1.807) is 30.3 Å². The van der Waals surface area contributed by atoms with Crippen molar-refractivity contribution >= 4 is 35.0 Å². The number of carbonyl (C=O) groups excluding carboxylic acids is 3. The number of benzene rings is 1. The number of aromatic nitrogens is 1. The van der Waals surface area contributed by atoms with Crippen LogP contribution in [0.3, 0.4) is 0 Å². The van der Waals surface area contributed by atoms with Gasteiger partial charge in [0.25, 0.3) is 11.1 Å². The highest BCUT2D eigenvalue weighted by Gasteiger charge is 2.36. The topological polar surface area (TPSA) is 88.8 Å². The van der Waals surface area contributed by atoms with Crippen LogP contribution in [0.1, 0.15) is 17.0 Å². The van der Waals surface area contributed by atoms with E-state index in [0.717, 1.165) is 39.3 Å². The van der Waals surface area contributed by atoms with Crippen molar-refractivity contribution in [2.45, 2.75) is 13.8 Å². The number of rotatable bonds is 4. The lowest BCUT2D eigenvalue weighted by molar-refractivity contribution is -0.143. The number of amides is 2. The van der Waals surface area contributed by atoms with Crippen LogP contribution < -0.4 is 0 Å². The summed E-state index contributed by atoms with van der Waals surface area (Å²) in [5, 5.41) is 8.97. The molecule has 1 aromatic heterocycles. The highest BCUT2D eigenvalue weighted by molar-refractivity contribution is 8.18. The number of hydrogen-bond donors (Lipinski definition) is 1. The predicted octanol–water partition coefficient (Wildman–Crippen LogP) is 3.01. The lowest BCUT2D eigenvalue weighted by Crippen LogP contribution is -2.34. The van der Waals surface area contributed by atoms with Crippen molar-refractivity contribution in [3.8, 4) is 11.4 Å². The second-order valence-corrected chi connectivity index (χ2v) is 7.02. The molecule has 0 unspecified atom stereocenters. The molecule has 0 radical (unpaired) electrons. The van der Waals surface area contributed by atoms with Gasteiger partial charge in [-0.05, 0) is 67.6 Å². The molecule has 2 aromatic rings. The van der Waals surface area contributed by atoms with E-state index in [-0.39, 0.29) is 10.7 Å². The number of thioether (sulfide) groups is 1. The van der Waals surface area contributed by atoms with E-state index in [1.807, 2.05) is 24.5 Å². The first-order valence-electron chi connectivity index (χ1n) is 8.12. The summed E-state index contributed by atoms with van der Waals surface area (Å²) in [6.07, 6.45) is 1.65. The Hall–Kier alpha value is -3.00. The first-order valence-corrected chi connectivity index (χ1v) is 8.94. The second kappa shape index (κ2) is 7.32. The zero-order chi connectivity index (χ0) is 19.7. The molecule has 1 fully saturated rings. The number of aromatic hydroxyl groups is 1. The Morgan fingerprint density at radius 3 is 2.52 bits per heavy atom. The summed E-state index contributed by atoms with van der Waals surface area (Å²) in [5.74, 6) is -0.977. The highest BCUT2D eigenvalue weighted by Crippen LogP contribution is 2.33. The van der Waals surface area contributed by atoms with E-state index in [9.17, 15) is 19.5 Å². The number of hydrogen-bond acceptors (Lipinski definition) is 6. The number of aryl methyl sites for hydroxylation is 1. The Balaban J connectivity index is 1.93. The lowest BCUT2D eigenvalue weighted by atomic mass is 10.2. The minimum Gasteiger partial charge on any atom is -0.508 e. The van der Waals surface area contributed by atoms with E-state index < -0.39 is 23.7 Å². The van der Waals surface area contributed by atoms with Crippen molar-refractivity contribution in [2.24, 2.45) is 0 Å². The summed E-state index contributed by atoms with van der Waals surface area (Å²) in [5.41, 5.74) is 3.50. The summed E-state index contributed by atoms with van der Waals surface area (Å²) in [7, 11) is 1.20. The SMILES string of the molecule is COC(=O)CN1C(=O)SC(=Cc2cc(C)n(-c3ccc(O)cc3)c2C)C1=O. The molecule has 1 aliphatic heterocycles. The Labute approximate surface area is 160 Å². The number of phenolic OH excluding ortho intramolecular Hbond substituents is 1. The van der Waals surface area contributed by atoms with E-state index in [0.29, 0.717) is 0 Å². The van der Waals surface area contributed by atoms with Gasteiger partial charge in [0.15, 0.2) is 0 Å². The van der Waals surface area contributed by atoms with Crippen molar-refractivity contribution in [1.29, 1.82) is 0 Å². The van der Waals surface area contributed by atoms with Crippen LogP contribution in [-0.4, -0.2) is 45.3 Å². The van der Waals surface area contributed by atoms with Gasteiger partial charge in [0.05, 0.1) is 12.0 Å². The third kappa shape index (κ3) is 3.61. The van der Waals surface area contributed by atoms with Gasteiger partial charge in [0.1, 0.15) is 12.3 Å². The van der Waals surface area contributed by atoms with Crippen LogP contribution in [0, 0.1) is 13.8 Å². The summed E-state index contributed by atoms with van der Waals surface area (Å²) >= 11 is 0.799. The van der Waals surface area contributed by atoms with Gasteiger partial charge < -0.3 is 14.4 Å². The van der Waals surface area contributed by atoms with Crippen molar-refractivity contribution < 1.29 is 24.2 Å². The van der Waals surface area contributed by atoms with Gasteiger partial charge in [-0.1, -0.05) is 0 Å². The largest absolute Gasteiger partial charge is 0.508 e. The third-order valence-electron chi connectivity index (χ3n) is 4.25. The van der Waals surface area contributed by atoms with Crippen LogP contribution in [0.4, 0.5) is 4.79 Å². The van der Waals surface area contributed by atoms with Crippen LogP contribution in [-0.2, 0) is 14.3 Å². The Morgan fingerprint density at radius 1 is 1.22 bits per heavy atom. The van der Waals surface area contributed by atoms with Gasteiger partial charge in [0.2, 0.25) is 0 Å². The number of methoxy groups -OCH3 is 1. The molecule has 140 valence electrons. The molecule has 0 bridgehead atoms. The van der Waals surface area contributed by atoms with Crippen LogP contribution >= 0.6 is 11.8 Å². The molecule has 1 aromatic carbocycles. The predicted molar refractivity (Wildman–Crippen MR) is 102 cm³/mol. The van der Waals surface area contributed by atoms with Gasteiger partial charge in [-0.2, -0.15) is 0 Å². The molecule has 2 heterocycles. The van der Waals surface area contributed by atoms with Crippen LogP contribution in [0.5, 0.6) is 5.75 Å². The number of carbonyl (C=O) groups is 3. The molecule has 0 atom stereocenters. The number of imide groups is 1. The average molecular weight is 386 g/mol. The normalized spacial score (nSPS) is 15.7. The molecule has 27 heavy (non-hydrogen) atoms. The van der Waals surface area contributed by atoms with Gasteiger partial charge >= 0.3 is 5.97 Å². The fraction of sp³-hybridized carbons (Fsp3) is 0.211. The Morgan fingerprint density at radius 2 is 1.89 bits per heavy atom. The number of esters is 1. The van der Waals surface area contributed by atoms with Crippen LogP contribution in [0.15, 0.2) is 35.2 Å².